The highest BCUT2D eigenvalue weighted by molar-refractivity contribution is 5.86. The smallest absolute Gasteiger partial charge is 0.331 e. The van der Waals surface area contributed by atoms with Crippen LogP contribution in [0.2, 0.25) is 0 Å². The van der Waals surface area contributed by atoms with Gasteiger partial charge < -0.3 is 9.84 Å². The fraction of sp³-hybridized carbons (Fsp3) is 0.700. The van der Waals surface area contributed by atoms with Crippen molar-refractivity contribution >= 4 is 5.97 Å². The van der Waals surface area contributed by atoms with E-state index in [0.29, 0.717) is 12.0 Å². The Labute approximate surface area is 84.2 Å². The summed E-state index contributed by atoms with van der Waals surface area (Å²) in [4.78, 5) is 12.9. The maximum atomic E-state index is 10.7. The maximum absolute atomic E-state index is 10.7. The molecular weight excluding hydrogens is 182 g/mol. The predicted molar refractivity (Wildman–Crippen MR) is 53.3 cm³/mol. The van der Waals surface area contributed by atoms with Crippen LogP contribution in [0.5, 0.6) is 0 Å². The van der Waals surface area contributed by atoms with Crippen molar-refractivity contribution in [3.63, 3.8) is 0 Å². The number of nitrogens with zero attached hydrogens (tertiary/aromatic N) is 1. The van der Waals surface area contributed by atoms with Crippen molar-refractivity contribution in [3.8, 4) is 0 Å². The molecule has 0 aromatic carbocycles. The Hall–Kier alpha value is -0.870. The zero-order chi connectivity index (χ0) is 10.4. The highest BCUT2D eigenvalue weighted by Crippen LogP contribution is 2.03. The second-order valence-electron chi connectivity index (χ2n) is 3.30. The number of carbonyl (C=O) groups is 1. The Bertz CT molecular complexity index is 219. The van der Waals surface area contributed by atoms with E-state index in [1.165, 1.54) is 0 Å². The molecule has 4 heteroatoms. The topological polar surface area (TPSA) is 49.8 Å². The minimum atomic E-state index is -0.805. The molecule has 1 N–H and O–H groups in total. The van der Waals surface area contributed by atoms with Gasteiger partial charge in [0.15, 0.2) is 0 Å². The van der Waals surface area contributed by atoms with Crippen LogP contribution >= 0.6 is 0 Å². The summed E-state index contributed by atoms with van der Waals surface area (Å²) in [6, 6.07) is 0. The van der Waals surface area contributed by atoms with Crippen LogP contribution in [0.4, 0.5) is 0 Å². The third kappa shape index (κ3) is 3.47. The molecule has 1 heterocycles. The van der Waals surface area contributed by atoms with E-state index in [9.17, 15) is 4.79 Å². The van der Waals surface area contributed by atoms with Gasteiger partial charge in [-0.25, -0.2) is 4.79 Å². The molecule has 0 radical (unpaired) electrons. The van der Waals surface area contributed by atoms with E-state index in [2.05, 4.69) is 4.90 Å². The average molecular weight is 199 g/mol. The van der Waals surface area contributed by atoms with E-state index in [-0.39, 0.29) is 0 Å². The van der Waals surface area contributed by atoms with E-state index in [0.717, 1.165) is 32.8 Å². The van der Waals surface area contributed by atoms with E-state index < -0.39 is 5.97 Å². The van der Waals surface area contributed by atoms with Gasteiger partial charge in [0.2, 0.25) is 0 Å². The third-order valence-corrected chi connectivity index (χ3v) is 2.36. The summed E-state index contributed by atoms with van der Waals surface area (Å²) in [6.45, 7) is 5.88. The lowest BCUT2D eigenvalue weighted by Crippen LogP contribution is -2.36. The van der Waals surface area contributed by atoms with Crippen molar-refractivity contribution in [1.82, 2.24) is 4.90 Å². The molecule has 0 unspecified atom stereocenters. The minimum absolute atomic E-state index is 0.497. The van der Waals surface area contributed by atoms with Crippen molar-refractivity contribution in [2.75, 3.05) is 32.8 Å². The van der Waals surface area contributed by atoms with Gasteiger partial charge in [-0.15, -0.1) is 0 Å². The Morgan fingerprint density at radius 2 is 2.14 bits per heavy atom. The molecule has 0 atom stereocenters. The Morgan fingerprint density at radius 1 is 1.50 bits per heavy atom. The lowest BCUT2D eigenvalue weighted by atomic mass is 10.2. The molecule has 0 aromatic rings. The van der Waals surface area contributed by atoms with Crippen molar-refractivity contribution in [2.24, 2.45) is 0 Å². The van der Waals surface area contributed by atoms with E-state index >= 15 is 0 Å². The number of hydrogen-bond donors (Lipinski definition) is 1. The second kappa shape index (κ2) is 5.78. The van der Waals surface area contributed by atoms with E-state index in [4.69, 9.17) is 9.84 Å². The zero-order valence-corrected chi connectivity index (χ0v) is 8.53. The van der Waals surface area contributed by atoms with Gasteiger partial charge in [0.25, 0.3) is 0 Å². The van der Waals surface area contributed by atoms with Crippen LogP contribution in [0.15, 0.2) is 11.6 Å². The molecule has 1 saturated heterocycles. The lowest BCUT2D eigenvalue weighted by molar-refractivity contribution is -0.132. The van der Waals surface area contributed by atoms with Gasteiger partial charge in [-0.2, -0.15) is 0 Å². The number of carboxylic acid groups (broad SMARTS) is 1. The van der Waals surface area contributed by atoms with Crippen LogP contribution in [0.1, 0.15) is 13.3 Å². The molecule has 4 nitrogen and oxygen atoms in total. The molecule has 0 spiro atoms. The molecule has 0 saturated carbocycles. The average Bonchev–Trinajstić information content (AvgIpc) is 2.20. The third-order valence-electron chi connectivity index (χ3n) is 2.36. The summed E-state index contributed by atoms with van der Waals surface area (Å²) < 4.78 is 5.20. The molecule has 14 heavy (non-hydrogen) atoms. The monoisotopic (exact) mass is 199 g/mol. The van der Waals surface area contributed by atoms with Gasteiger partial charge in [0.1, 0.15) is 0 Å². The summed E-state index contributed by atoms with van der Waals surface area (Å²) in [5, 5.41) is 8.79. The standard InChI is InChI=1S/C10H17NO3/c1-2-9(10(12)13)3-4-11-5-7-14-8-6-11/h3H,2,4-8H2,1H3,(H,12,13). The Balaban J connectivity index is 2.38. The predicted octanol–water partition coefficient (Wildman–Crippen LogP) is 0.740. The summed E-state index contributed by atoms with van der Waals surface area (Å²) >= 11 is 0. The normalized spacial score (nSPS) is 19.6. The van der Waals surface area contributed by atoms with Gasteiger partial charge in [-0.3, -0.25) is 4.90 Å². The first kappa shape index (κ1) is 11.2. The number of morpholine rings is 1. The van der Waals surface area contributed by atoms with Gasteiger partial charge in [-0.1, -0.05) is 13.0 Å². The van der Waals surface area contributed by atoms with Crippen molar-refractivity contribution in [2.45, 2.75) is 13.3 Å². The van der Waals surface area contributed by atoms with E-state index in [1.807, 2.05) is 6.92 Å². The largest absolute Gasteiger partial charge is 0.478 e. The van der Waals surface area contributed by atoms with Crippen LogP contribution < -0.4 is 0 Å². The van der Waals surface area contributed by atoms with Gasteiger partial charge in [-0.05, 0) is 6.42 Å². The Morgan fingerprint density at radius 3 is 2.64 bits per heavy atom. The molecule has 1 fully saturated rings. The molecule has 0 aromatic heterocycles. The molecule has 80 valence electrons. The zero-order valence-electron chi connectivity index (χ0n) is 8.53. The first-order valence-electron chi connectivity index (χ1n) is 4.96. The van der Waals surface area contributed by atoms with Crippen LogP contribution in [0, 0.1) is 0 Å². The van der Waals surface area contributed by atoms with Crippen LogP contribution in [0.25, 0.3) is 0 Å². The highest BCUT2D eigenvalue weighted by Gasteiger charge is 2.10. The molecule has 1 rings (SSSR count). The fourth-order valence-electron chi connectivity index (χ4n) is 1.41. The summed E-state index contributed by atoms with van der Waals surface area (Å²) in [5.41, 5.74) is 0.497. The number of ether oxygens (including phenoxy) is 1. The molecule has 1 aliphatic rings. The number of carboxylic acids is 1. The Kier molecular flexibility index (Phi) is 4.62. The van der Waals surface area contributed by atoms with E-state index in [1.54, 1.807) is 6.08 Å². The first-order chi connectivity index (χ1) is 6.74. The summed E-state index contributed by atoms with van der Waals surface area (Å²) in [7, 11) is 0. The number of aliphatic carboxylic acids is 1. The van der Waals surface area contributed by atoms with Gasteiger partial charge in [0.05, 0.1) is 13.2 Å². The molecule has 0 aliphatic carbocycles. The SMILES string of the molecule is CCC(=CCN1CCOCC1)C(=O)O. The van der Waals surface area contributed by atoms with Crippen molar-refractivity contribution in [1.29, 1.82) is 0 Å². The van der Waals surface area contributed by atoms with Crippen molar-refractivity contribution in [3.05, 3.63) is 11.6 Å². The summed E-state index contributed by atoms with van der Waals surface area (Å²) in [6.07, 6.45) is 2.38. The van der Waals surface area contributed by atoms with Gasteiger partial charge >= 0.3 is 5.97 Å². The molecule has 0 amide bonds. The number of rotatable bonds is 4. The molecule has 1 aliphatic heterocycles. The number of hydrogen-bond acceptors (Lipinski definition) is 3. The highest BCUT2D eigenvalue weighted by atomic mass is 16.5. The fourth-order valence-corrected chi connectivity index (χ4v) is 1.41. The molecular formula is C10H17NO3. The first-order valence-corrected chi connectivity index (χ1v) is 4.96. The maximum Gasteiger partial charge on any atom is 0.331 e. The molecule has 0 bridgehead atoms. The second-order valence-corrected chi connectivity index (χ2v) is 3.30. The quantitative estimate of drug-likeness (QED) is 0.678. The van der Waals surface area contributed by atoms with Crippen LogP contribution in [-0.4, -0.2) is 48.8 Å². The minimum Gasteiger partial charge on any atom is -0.478 e. The van der Waals surface area contributed by atoms with Gasteiger partial charge in [0, 0.05) is 25.2 Å². The van der Waals surface area contributed by atoms with Crippen molar-refractivity contribution < 1.29 is 14.6 Å². The van der Waals surface area contributed by atoms with Crippen LogP contribution in [-0.2, 0) is 9.53 Å². The summed E-state index contributed by atoms with van der Waals surface area (Å²) in [5.74, 6) is -0.805. The lowest BCUT2D eigenvalue weighted by Gasteiger charge is -2.25. The van der Waals surface area contributed by atoms with Crippen LogP contribution in [0.3, 0.4) is 0 Å².